The molecule has 1 aromatic carbocycles. The molecule has 0 aliphatic rings. The zero-order valence-corrected chi connectivity index (χ0v) is 17.3. The van der Waals surface area contributed by atoms with Crippen LogP contribution >= 0.6 is 0 Å². The van der Waals surface area contributed by atoms with Gasteiger partial charge in [-0.05, 0) is 36.6 Å². The van der Waals surface area contributed by atoms with E-state index in [2.05, 4.69) is 29.5 Å². The van der Waals surface area contributed by atoms with Crippen LogP contribution in [0.1, 0.15) is 26.0 Å². The van der Waals surface area contributed by atoms with Crippen molar-refractivity contribution in [3.05, 3.63) is 54.8 Å². The minimum atomic E-state index is -0.301. The van der Waals surface area contributed by atoms with Gasteiger partial charge in [-0.3, -0.25) is 4.79 Å². The molecule has 1 unspecified atom stereocenters. The van der Waals surface area contributed by atoms with Crippen LogP contribution in [0.4, 0.5) is 5.69 Å². The second kappa shape index (κ2) is 9.43. The number of nitrogens with one attached hydrogen (secondary N) is 2. The molecule has 0 aliphatic carbocycles. The molecule has 1 amide bonds. The maximum absolute atomic E-state index is 13.0. The lowest BCUT2D eigenvalue weighted by Crippen LogP contribution is -2.41. The minimum absolute atomic E-state index is 0.0672. The third-order valence-electron chi connectivity index (χ3n) is 4.77. The van der Waals surface area contributed by atoms with Crippen LogP contribution < -0.4 is 15.4 Å². The Labute approximate surface area is 171 Å². The van der Waals surface area contributed by atoms with Crippen molar-refractivity contribution < 1.29 is 13.9 Å². The Hall–Kier alpha value is -3.06. The number of aromatic nitrogens is 2. The Kier molecular flexibility index (Phi) is 6.72. The number of carbonyl (C=O) groups is 1. The van der Waals surface area contributed by atoms with Crippen LogP contribution in [0, 0.1) is 5.92 Å². The van der Waals surface area contributed by atoms with Gasteiger partial charge < -0.3 is 24.4 Å². The smallest absolute Gasteiger partial charge is 0.241 e. The number of nitrogens with zero attached hydrogens (tertiary/aromatic N) is 2. The van der Waals surface area contributed by atoms with Crippen molar-refractivity contribution in [3.8, 4) is 17.1 Å². The quantitative estimate of drug-likeness (QED) is 0.574. The summed E-state index contributed by atoms with van der Waals surface area (Å²) in [5, 5.41) is 6.39. The van der Waals surface area contributed by atoms with E-state index in [1.54, 1.807) is 19.4 Å². The second-order valence-electron chi connectivity index (χ2n) is 7.44. The molecule has 0 radical (unpaired) electrons. The number of hydrogen-bond donors (Lipinski definition) is 2. The lowest BCUT2D eigenvalue weighted by Gasteiger charge is -2.21. The summed E-state index contributed by atoms with van der Waals surface area (Å²) in [7, 11) is 3.58. The highest BCUT2D eigenvalue weighted by Gasteiger charge is 2.20. The Morgan fingerprint density at radius 1 is 1.31 bits per heavy atom. The molecular formula is C22H28N4O3. The summed E-state index contributed by atoms with van der Waals surface area (Å²) in [5.74, 6) is 1.54. The zero-order valence-electron chi connectivity index (χ0n) is 17.3. The molecule has 0 saturated heterocycles. The summed E-state index contributed by atoms with van der Waals surface area (Å²) in [6.07, 6.45) is 5.74. The zero-order chi connectivity index (χ0) is 20.8. The van der Waals surface area contributed by atoms with Crippen LogP contribution in [0.25, 0.3) is 11.3 Å². The molecule has 0 aliphatic heterocycles. The Morgan fingerprint density at radius 3 is 2.76 bits per heavy atom. The molecule has 0 spiro atoms. The average Bonchev–Trinajstić information content (AvgIpc) is 3.36. The molecule has 0 fully saturated rings. The fourth-order valence-corrected chi connectivity index (χ4v) is 3.21. The van der Waals surface area contributed by atoms with Crippen LogP contribution in [0.3, 0.4) is 0 Å². The standard InChI is InChI=1S/C22H28N4O3/c1-15(2)10-19(24-12-17-6-5-9-26(17)3)22(27)25-16-7-8-18(20(11-16)28-4)21-13-23-14-29-21/h5-9,11,13-15,19,24H,10,12H2,1-4H3,(H,25,27). The molecule has 3 aromatic rings. The molecule has 3 rings (SSSR count). The van der Waals surface area contributed by atoms with Gasteiger partial charge in [0.1, 0.15) is 5.75 Å². The fourth-order valence-electron chi connectivity index (χ4n) is 3.21. The van der Waals surface area contributed by atoms with Crippen molar-refractivity contribution in [2.24, 2.45) is 13.0 Å². The number of methoxy groups -OCH3 is 1. The SMILES string of the molecule is COc1cc(NC(=O)C(CC(C)C)NCc2cccn2C)ccc1-c1cnco1. The number of amides is 1. The van der Waals surface area contributed by atoms with E-state index >= 15 is 0 Å². The van der Waals surface area contributed by atoms with Gasteiger partial charge >= 0.3 is 0 Å². The van der Waals surface area contributed by atoms with Crippen molar-refractivity contribution in [1.29, 1.82) is 0 Å². The number of benzene rings is 1. The number of rotatable bonds is 9. The second-order valence-corrected chi connectivity index (χ2v) is 7.44. The fraction of sp³-hybridized carbons (Fsp3) is 0.364. The number of anilines is 1. The molecule has 7 heteroatoms. The molecule has 29 heavy (non-hydrogen) atoms. The summed E-state index contributed by atoms with van der Waals surface area (Å²) < 4.78 is 12.9. The number of carbonyl (C=O) groups excluding carboxylic acids is 1. The van der Waals surface area contributed by atoms with E-state index in [4.69, 9.17) is 9.15 Å². The van der Waals surface area contributed by atoms with E-state index in [1.807, 2.05) is 42.1 Å². The van der Waals surface area contributed by atoms with Crippen molar-refractivity contribution in [1.82, 2.24) is 14.9 Å². The first-order valence-corrected chi connectivity index (χ1v) is 9.69. The highest BCUT2D eigenvalue weighted by Crippen LogP contribution is 2.32. The molecule has 0 bridgehead atoms. The van der Waals surface area contributed by atoms with Gasteiger partial charge in [0, 0.05) is 37.2 Å². The third kappa shape index (κ3) is 5.26. The largest absolute Gasteiger partial charge is 0.496 e. The van der Waals surface area contributed by atoms with Gasteiger partial charge in [0.05, 0.1) is 24.9 Å². The van der Waals surface area contributed by atoms with Crippen molar-refractivity contribution in [2.45, 2.75) is 32.9 Å². The Bertz CT molecular complexity index is 931. The summed E-state index contributed by atoms with van der Waals surface area (Å²) in [4.78, 5) is 16.9. The average molecular weight is 396 g/mol. The van der Waals surface area contributed by atoms with E-state index in [-0.39, 0.29) is 11.9 Å². The number of hydrogen-bond acceptors (Lipinski definition) is 5. The number of aryl methyl sites for hydroxylation is 1. The van der Waals surface area contributed by atoms with E-state index < -0.39 is 0 Å². The summed E-state index contributed by atoms with van der Waals surface area (Å²) in [6, 6.07) is 9.22. The van der Waals surface area contributed by atoms with E-state index in [0.29, 0.717) is 29.7 Å². The predicted molar refractivity (Wildman–Crippen MR) is 113 cm³/mol. The molecule has 0 saturated carbocycles. The van der Waals surface area contributed by atoms with Crippen LogP contribution in [0.2, 0.25) is 0 Å². The molecule has 2 N–H and O–H groups in total. The van der Waals surface area contributed by atoms with Gasteiger partial charge in [0.25, 0.3) is 0 Å². The summed E-state index contributed by atoms with van der Waals surface area (Å²) >= 11 is 0. The first-order chi connectivity index (χ1) is 14.0. The van der Waals surface area contributed by atoms with E-state index in [0.717, 1.165) is 17.7 Å². The van der Waals surface area contributed by atoms with Gasteiger partial charge in [-0.15, -0.1) is 0 Å². The van der Waals surface area contributed by atoms with Crippen molar-refractivity contribution >= 4 is 11.6 Å². The minimum Gasteiger partial charge on any atom is -0.496 e. The first kappa shape index (κ1) is 20.7. The van der Waals surface area contributed by atoms with E-state index in [1.165, 1.54) is 6.39 Å². The topological polar surface area (TPSA) is 81.3 Å². The van der Waals surface area contributed by atoms with Crippen LogP contribution in [-0.4, -0.2) is 28.6 Å². The molecule has 1 atom stereocenters. The van der Waals surface area contributed by atoms with E-state index in [9.17, 15) is 4.79 Å². The van der Waals surface area contributed by atoms with Gasteiger partial charge in [-0.1, -0.05) is 13.8 Å². The van der Waals surface area contributed by atoms with Crippen molar-refractivity contribution in [3.63, 3.8) is 0 Å². The molecule has 2 aromatic heterocycles. The Morgan fingerprint density at radius 2 is 2.14 bits per heavy atom. The summed E-state index contributed by atoms with van der Waals surface area (Å²) in [5.41, 5.74) is 2.58. The van der Waals surface area contributed by atoms with Gasteiger partial charge in [-0.25, -0.2) is 4.98 Å². The van der Waals surface area contributed by atoms with Crippen LogP contribution in [0.15, 0.2) is 53.5 Å². The molecule has 7 nitrogen and oxygen atoms in total. The predicted octanol–water partition coefficient (Wildman–Crippen LogP) is 3.83. The van der Waals surface area contributed by atoms with Crippen LogP contribution in [-0.2, 0) is 18.4 Å². The lowest BCUT2D eigenvalue weighted by atomic mass is 10.0. The first-order valence-electron chi connectivity index (χ1n) is 9.69. The summed E-state index contributed by atoms with van der Waals surface area (Å²) in [6.45, 7) is 4.85. The van der Waals surface area contributed by atoms with Crippen molar-refractivity contribution in [2.75, 3.05) is 12.4 Å². The number of ether oxygens (including phenoxy) is 1. The molecule has 2 heterocycles. The van der Waals surface area contributed by atoms with Gasteiger partial charge in [0.2, 0.25) is 5.91 Å². The molecular weight excluding hydrogens is 368 g/mol. The highest BCUT2D eigenvalue weighted by molar-refractivity contribution is 5.95. The normalized spacial score (nSPS) is 12.2. The van der Waals surface area contributed by atoms with Gasteiger partial charge in [0.15, 0.2) is 12.2 Å². The van der Waals surface area contributed by atoms with Crippen LogP contribution in [0.5, 0.6) is 5.75 Å². The maximum atomic E-state index is 13.0. The maximum Gasteiger partial charge on any atom is 0.241 e. The van der Waals surface area contributed by atoms with Gasteiger partial charge in [-0.2, -0.15) is 0 Å². The Balaban J connectivity index is 1.72. The lowest BCUT2D eigenvalue weighted by molar-refractivity contribution is -0.118. The molecule has 154 valence electrons. The number of oxazole rings is 1. The highest BCUT2D eigenvalue weighted by atomic mass is 16.5. The third-order valence-corrected chi connectivity index (χ3v) is 4.77. The monoisotopic (exact) mass is 396 g/mol.